The highest BCUT2D eigenvalue weighted by molar-refractivity contribution is 7.99. The van der Waals surface area contributed by atoms with Crippen LogP contribution in [0.2, 0.25) is 0 Å². The summed E-state index contributed by atoms with van der Waals surface area (Å²) in [6.45, 7) is 6.22. The van der Waals surface area contributed by atoms with Crippen molar-refractivity contribution in [3.05, 3.63) is 35.9 Å². The van der Waals surface area contributed by atoms with Gasteiger partial charge in [-0.1, -0.05) is 13.8 Å². The number of aromatic nitrogens is 3. The van der Waals surface area contributed by atoms with E-state index in [4.69, 9.17) is 5.73 Å². The molecule has 18 heavy (non-hydrogen) atoms. The Morgan fingerprint density at radius 3 is 2.72 bits per heavy atom. The molecular formula is C13H16N4S. The molecule has 2 aromatic heterocycles. The van der Waals surface area contributed by atoms with Gasteiger partial charge in [-0.2, -0.15) is 0 Å². The molecular weight excluding hydrogens is 244 g/mol. The molecule has 2 rings (SSSR count). The number of anilines is 1. The third kappa shape index (κ3) is 2.98. The van der Waals surface area contributed by atoms with Crippen LogP contribution in [0.5, 0.6) is 0 Å². The van der Waals surface area contributed by atoms with Gasteiger partial charge >= 0.3 is 0 Å². The number of pyridine rings is 1. The van der Waals surface area contributed by atoms with Crippen LogP contribution < -0.4 is 5.73 Å². The SMILES string of the molecule is Cc1cc(C(C)C)nc(Sc2ccncc2N)n1. The van der Waals surface area contributed by atoms with Crippen molar-refractivity contribution in [3.8, 4) is 0 Å². The van der Waals surface area contributed by atoms with E-state index in [-0.39, 0.29) is 0 Å². The Kier molecular flexibility index (Phi) is 3.81. The number of hydrogen-bond donors (Lipinski definition) is 1. The van der Waals surface area contributed by atoms with Gasteiger partial charge in [0.1, 0.15) is 0 Å². The van der Waals surface area contributed by atoms with E-state index in [0.29, 0.717) is 11.6 Å². The minimum atomic E-state index is 0.390. The Hall–Kier alpha value is -1.62. The summed E-state index contributed by atoms with van der Waals surface area (Å²) in [7, 11) is 0. The number of nitrogens with two attached hydrogens (primary N) is 1. The monoisotopic (exact) mass is 260 g/mol. The maximum atomic E-state index is 5.87. The van der Waals surface area contributed by atoms with E-state index in [9.17, 15) is 0 Å². The van der Waals surface area contributed by atoms with Gasteiger partial charge in [0.05, 0.1) is 11.9 Å². The minimum absolute atomic E-state index is 0.390. The Morgan fingerprint density at radius 1 is 1.28 bits per heavy atom. The Labute approximate surface area is 111 Å². The lowest BCUT2D eigenvalue weighted by atomic mass is 10.1. The minimum Gasteiger partial charge on any atom is -0.397 e. The van der Waals surface area contributed by atoms with Crippen molar-refractivity contribution >= 4 is 17.4 Å². The number of aryl methyl sites for hydroxylation is 1. The highest BCUT2D eigenvalue weighted by atomic mass is 32.2. The molecule has 4 nitrogen and oxygen atoms in total. The molecule has 5 heteroatoms. The van der Waals surface area contributed by atoms with Crippen LogP contribution >= 0.6 is 11.8 Å². The van der Waals surface area contributed by atoms with Crippen LogP contribution in [0.1, 0.15) is 31.2 Å². The van der Waals surface area contributed by atoms with Gasteiger partial charge < -0.3 is 5.73 Å². The molecule has 0 aliphatic heterocycles. The van der Waals surface area contributed by atoms with Gasteiger partial charge in [-0.05, 0) is 36.7 Å². The summed E-state index contributed by atoms with van der Waals surface area (Å²) in [5.41, 5.74) is 8.55. The van der Waals surface area contributed by atoms with E-state index in [1.54, 1.807) is 12.4 Å². The van der Waals surface area contributed by atoms with Gasteiger partial charge in [-0.15, -0.1) is 0 Å². The summed E-state index contributed by atoms with van der Waals surface area (Å²) in [6, 6.07) is 3.89. The zero-order valence-corrected chi connectivity index (χ0v) is 11.5. The smallest absolute Gasteiger partial charge is 0.192 e. The quantitative estimate of drug-likeness (QED) is 0.859. The summed E-state index contributed by atoms with van der Waals surface area (Å²) in [5, 5.41) is 0.733. The Balaban J connectivity index is 2.32. The third-order valence-electron chi connectivity index (χ3n) is 2.46. The lowest BCUT2D eigenvalue weighted by Crippen LogP contribution is -1.99. The molecule has 2 N–H and O–H groups in total. The first-order chi connectivity index (χ1) is 8.56. The fourth-order valence-corrected chi connectivity index (χ4v) is 2.33. The molecule has 0 amide bonds. The second-order valence-electron chi connectivity index (χ2n) is 4.39. The van der Waals surface area contributed by atoms with Crippen LogP contribution in [0.4, 0.5) is 5.69 Å². The predicted octanol–water partition coefficient (Wildman–Crippen LogP) is 3.04. The molecule has 0 saturated carbocycles. The van der Waals surface area contributed by atoms with E-state index in [1.807, 2.05) is 19.1 Å². The Bertz CT molecular complexity index is 554. The highest BCUT2D eigenvalue weighted by Crippen LogP contribution is 2.29. The number of rotatable bonds is 3. The molecule has 0 aliphatic rings. The van der Waals surface area contributed by atoms with Gasteiger partial charge in [0.2, 0.25) is 0 Å². The fraction of sp³-hybridized carbons (Fsp3) is 0.308. The lowest BCUT2D eigenvalue weighted by Gasteiger charge is -2.08. The normalized spacial score (nSPS) is 10.9. The fourth-order valence-electron chi connectivity index (χ4n) is 1.49. The standard InChI is InChI=1S/C13H16N4S/c1-8(2)11-6-9(3)16-13(17-11)18-12-4-5-15-7-10(12)14/h4-8H,14H2,1-3H3. The van der Waals surface area contributed by atoms with Gasteiger partial charge in [-0.3, -0.25) is 4.98 Å². The average molecular weight is 260 g/mol. The van der Waals surface area contributed by atoms with Crippen molar-refractivity contribution in [1.82, 2.24) is 15.0 Å². The molecule has 0 bridgehead atoms. The zero-order chi connectivity index (χ0) is 13.1. The van der Waals surface area contributed by atoms with Crippen molar-refractivity contribution in [1.29, 1.82) is 0 Å². The first-order valence-corrected chi connectivity index (χ1v) is 6.61. The van der Waals surface area contributed by atoms with Crippen LogP contribution in [0.15, 0.2) is 34.6 Å². The molecule has 0 aliphatic carbocycles. The largest absolute Gasteiger partial charge is 0.397 e. The van der Waals surface area contributed by atoms with E-state index in [0.717, 1.165) is 21.4 Å². The molecule has 0 fully saturated rings. The van der Waals surface area contributed by atoms with E-state index >= 15 is 0 Å². The van der Waals surface area contributed by atoms with Gasteiger partial charge in [0, 0.05) is 22.5 Å². The molecule has 0 spiro atoms. The van der Waals surface area contributed by atoms with E-state index < -0.39 is 0 Å². The maximum absolute atomic E-state index is 5.87. The van der Waals surface area contributed by atoms with Crippen LogP contribution in [-0.2, 0) is 0 Å². The molecule has 0 unspecified atom stereocenters. The lowest BCUT2D eigenvalue weighted by molar-refractivity contribution is 0.769. The number of nitrogen functional groups attached to an aromatic ring is 1. The first kappa shape index (κ1) is 12.8. The van der Waals surface area contributed by atoms with Crippen LogP contribution in [-0.4, -0.2) is 15.0 Å². The first-order valence-electron chi connectivity index (χ1n) is 5.79. The zero-order valence-electron chi connectivity index (χ0n) is 10.7. The Morgan fingerprint density at radius 2 is 2.06 bits per heavy atom. The maximum Gasteiger partial charge on any atom is 0.192 e. The third-order valence-corrected chi connectivity index (χ3v) is 3.41. The number of hydrogen-bond acceptors (Lipinski definition) is 5. The summed E-state index contributed by atoms with van der Waals surface area (Å²) in [6.07, 6.45) is 3.36. The van der Waals surface area contributed by atoms with Crippen LogP contribution in [0.3, 0.4) is 0 Å². The summed E-state index contributed by atoms with van der Waals surface area (Å²) >= 11 is 1.47. The second kappa shape index (κ2) is 5.35. The van der Waals surface area contributed by atoms with Gasteiger partial charge in [0.25, 0.3) is 0 Å². The van der Waals surface area contributed by atoms with Gasteiger partial charge in [-0.25, -0.2) is 9.97 Å². The van der Waals surface area contributed by atoms with Crippen molar-refractivity contribution in [2.24, 2.45) is 0 Å². The summed E-state index contributed by atoms with van der Waals surface area (Å²) in [4.78, 5) is 13.9. The molecule has 0 aromatic carbocycles. The summed E-state index contributed by atoms with van der Waals surface area (Å²) in [5.74, 6) is 0.390. The highest BCUT2D eigenvalue weighted by Gasteiger charge is 2.08. The number of nitrogens with zero attached hydrogens (tertiary/aromatic N) is 3. The second-order valence-corrected chi connectivity index (χ2v) is 5.40. The topological polar surface area (TPSA) is 64.7 Å². The molecule has 2 heterocycles. The van der Waals surface area contributed by atoms with Crippen molar-refractivity contribution in [3.63, 3.8) is 0 Å². The van der Waals surface area contributed by atoms with Crippen molar-refractivity contribution in [2.75, 3.05) is 5.73 Å². The predicted molar refractivity (Wildman–Crippen MR) is 73.6 cm³/mol. The molecule has 2 aromatic rings. The van der Waals surface area contributed by atoms with Crippen molar-refractivity contribution < 1.29 is 0 Å². The van der Waals surface area contributed by atoms with Crippen molar-refractivity contribution in [2.45, 2.75) is 36.7 Å². The van der Waals surface area contributed by atoms with E-state index in [2.05, 4.69) is 28.8 Å². The molecule has 0 atom stereocenters. The molecule has 0 radical (unpaired) electrons. The molecule has 94 valence electrons. The summed E-state index contributed by atoms with van der Waals surface area (Å²) < 4.78 is 0. The average Bonchev–Trinajstić information content (AvgIpc) is 2.31. The van der Waals surface area contributed by atoms with Gasteiger partial charge in [0.15, 0.2) is 5.16 Å². The van der Waals surface area contributed by atoms with E-state index in [1.165, 1.54) is 11.8 Å². The van der Waals surface area contributed by atoms with Crippen LogP contribution in [0, 0.1) is 6.92 Å². The van der Waals surface area contributed by atoms with Crippen LogP contribution in [0.25, 0.3) is 0 Å². The molecule has 0 saturated heterocycles.